The zero-order valence-electron chi connectivity index (χ0n) is 14.1. The number of hydrogen-bond acceptors (Lipinski definition) is 4. The summed E-state index contributed by atoms with van der Waals surface area (Å²) in [6.07, 6.45) is 3.97. The highest BCUT2D eigenvalue weighted by Gasteiger charge is 2.57. The van der Waals surface area contributed by atoms with Crippen LogP contribution in [0, 0.1) is 13.7 Å². The van der Waals surface area contributed by atoms with Gasteiger partial charge >= 0.3 is 0 Å². The summed E-state index contributed by atoms with van der Waals surface area (Å²) < 4.78 is 7.31. The molecular formula is C19H17IN2O3. The van der Waals surface area contributed by atoms with Gasteiger partial charge in [-0.15, -0.1) is 0 Å². The molecule has 2 heterocycles. The molecule has 6 heteroatoms. The standard InChI is InChI=1S/C19H17IN2O3/c1-18(2)14-6-4-5-7-16(14)21(3)19(18)9-8-12-10-13(22(23)24)11-15(20)17(12)25-19/h4-11H,1-3H3/t19-/m1/s1. The van der Waals surface area contributed by atoms with Gasteiger partial charge in [0.05, 0.1) is 13.9 Å². The van der Waals surface area contributed by atoms with Crippen LogP contribution in [-0.4, -0.2) is 17.7 Å². The maximum absolute atomic E-state index is 11.1. The Balaban J connectivity index is 1.88. The van der Waals surface area contributed by atoms with Crippen molar-refractivity contribution < 1.29 is 9.66 Å². The number of benzene rings is 2. The molecule has 4 rings (SSSR count). The lowest BCUT2D eigenvalue weighted by molar-refractivity contribution is -0.385. The lowest BCUT2D eigenvalue weighted by Crippen LogP contribution is -2.58. The largest absolute Gasteiger partial charge is 0.462 e. The topological polar surface area (TPSA) is 55.6 Å². The fourth-order valence-corrected chi connectivity index (χ4v) is 4.67. The molecule has 0 saturated carbocycles. The van der Waals surface area contributed by atoms with Gasteiger partial charge in [0, 0.05) is 30.4 Å². The van der Waals surface area contributed by atoms with Gasteiger partial charge in [-0.1, -0.05) is 18.2 Å². The maximum Gasteiger partial charge on any atom is 0.271 e. The van der Waals surface area contributed by atoms with Gasteiger partial charge in [-0.2, -0.15) is 0 Å². The number of ether oxygens (including phenoxy) is 1. The van der Waals surface area contributed by atoms with Crippen molar-refractivity contribution in [2.24, 2.45) is 0 Å². The molecule has 1 spiro atoms. The first-order valence-corrected chi connectivity index (χ1v) is 9.05. The highest BCUT2D eigenvalue weighted by Crippen LogP contribution is 2.54. The second-order valence-corrected chi connectivity index (χ2v) is 8.10. The number of nitro groups is 1. The van der Waals surface area contributed by atoms with Crippen molar-refractivity contribution >= 4 is 40.0 Å². The van der Waals surface area contributed by atoms with Gasteiger partial charge in [0.2, 0.25) is 5.72 Å². The summed E-state index contributed by atoms with van der Waals surface area (Å²) in [5.74, 6) is 0.696. The Bertz CT molecular complexity index is 938. The molecule has 0 aromatic heterocycles. The summed E-state index contributed by atoms with van der Waals surface area (Å²) in [4.78, 5) is 12.9. The van der Waals surface area contributed by atoms with Crippen LogP contribution < -0.4 is 9.64 Å². The second-order valence-electron chi connectivity index (χ2n) is 6.94. The predicted octanol–water partition coefficient (Wildman–Crippen LogP) is 4.73. The summed E-state index contributed by atoms with van der Waals surface area (Å²) in [7, 11) is 2.03. The lowest BCUT2D eigenvalue weighted by Gasteiger charge is -2.46. The fourth-order valence-electron chi connectivity index (χ4n) is 3.93. The summed E-state index contributed by atoms with van der Waals surface area (Å²) in [6, 6.07) is 11.4. The van der Waals surface area contributed by atoms with Gasteiger partial charge in [0.25, 0.3) is 5.69 Å². The minimum absolute atomic E-state index is 0.0784. The molecule has 0 amide bonds. The van der Waals surface area contributed by atoms with Crippen molar-refractivity contribution in [2.75, 3.05) is 11.9 Å². The van der Waals surface area contributed by atoms with Crippen LogP contribution in [0.3, 0.4) is 0 Å². The van der Waals surface area contributed by atoms with Gasteiger partial charge < -0.3 is 9.64 Å². The predicted molar refractivity (Wildman–Crippen MR) is 106 cm³/mol. The molecule has 0 bridgehead atoms. The number of hydrogen-bond donors (Lipinski definition) is 0. The Morgan fingerprint density at radius 3 is 2.64 bits per heavy atom. The van der Waals surface area contributed by atoms with E-state index in [0.29, 0.717) is 5.75 Å². The summed E-state index contributed by atoms with van der Waals surface area (Å²) in [5.41, 5.74) is 2.23. The van der Waals surface area contributed by atoms with Crippen LogP contribution in [0.2, 0.25) is 0 Å². The zero-order valence-corrected chi connectivity index (χ0v) is 16.3. The fraction of sp³-hybridized carbons (Fsp3) is 0.263. The molecule has 0 saturated heterocycles. The van der Waals surface area contributed by atoms with Crippen molar-refractivity contribution in [1.29, 1.82) is 0 Å². The first kappa shape index (κ1) is 16.4. The van der Waals surface area contributed by atoms with Crippen LogP contribution in [0.25, 0.3) is 6.08 Å². The van der Waals surface area contributed by atoms with E-state index in [9.17, 15) is 10.1 Å². The van der Waals surface area contributed by atoms with Gasteiger partial charge in [0.15, 0.2) is 0 Å². The molecule has 2 aliphatic rings. The van der Waals surface area contributed by atoms with E-state index in [-0.39, 0.29) is 16.0 Å². The van der Waals surface area contributed by atoms with Gasteiger partial charge in [0.1, 0.15) is 5.75 Å². The highest BCUT2D eigenvalue weighted by molar-refractivity contribution is 14.1. The molecule has 2 aromatic rings. The van der Waals surface area contributed by atoms with E-state index >= 15 is 0 Å². The normalized spacial score (nSPS) is 22.5. The average molecular weight is 448 g/mol. The quantitative estimate of drug-likeness (QED) is 0.360. The van der Waals surface area contributed by atoms with E-state index in [2.05, 4.69) is 53.5 Å². The Kier molecular flexibility index (Phi) is 3.41. The van der Waals surface area contributed by atoms with Crippen LogP contribution >= 0.6 is 22.6 Å². The summed E-state index contributed by atoms with van der Waals surface area (Å²) in [6.45, 7) is 4.34. The minimum Gasteiger partial charge on any atom is -0.462 e. The lowest BCUT2D eigenvalue weighted by atomic mass is 9.76. The Labute approximate surface area is 159 Å². The number of likely N-dealkylation sites (N-methyl/N-ethyl adjacent to an activating group) is 1. The number of nitrogens with zero attached hydrogens (tertiary/aromatic N) is 2. The first-order chi connectivity index (χ1) is 11.8. The van der Waals surface area contributed by atoms with E-state index < -0.39 is 5.72 Å². The SMILES string of the molecule is CN1c2ccccc2C(C)(C)[C@]12C=Cc1cc([N+](=O)[O-])cc(I)c1O2. The maximum atomic E-state index is 11.1. The molecular weight excluding hydrogens is 431 g/mol. The van der Waals surface area contributed by atoms with E-state index in [0.717, 1.165) is 14.8 Å². The Morgan fingerprint density at radius 1 is 1.24 bits per heavy atom. The number of para-hydroxylation sites is 1. The van der Waals surface area contributed by atoms with Gasteiger partial charge in [-0.25, -0.2) is 0 Å². The van der Waals surface area contributed by atoms with E-state index in [1.807, 2.05) is 31.3 Å². The van der Waals surface area contributed by atoms with E-state index in [1.54, 1.807) is 12.1 Å². The van der Waals surface area contributed by atoms with Crippen LogP contribution in [0.5, 0.6) is 5.75 Å². The third-order valence-electron chi connectivity index (χ3n) is 5.35. The molecule has 1 atom stereocenters. The average Bonchev–Trinajstić information content (AvgIpc) is 2.75. The van der Waals surface area contributed by atoms with Crippen LogP contribution in [0.4, 0.5) is 11.4 Å². The number of non-ortho nitro benzene ring substituents is 1. The van der Waals surface area contributed by atoms with Crippen molar-refractivity contribution in [3.05, 3.63) is 67.3 Å². The van der Waals surface area contributed by atoms with E-state index in [4.69, 9.17) is 4.74 Å². The molecule has 128 valence electrons. The number of anilines is 1. The van der Waals surface area contributed by atoms with Crippen LogP contribution in [0.1, 0.15) is 25.0 Å². The van der Waals surface area contributed by atoms with Crippen molar-refractivity contribution in [1.82, 2.24) is 0 Å². The van der Waals surface area contributed by atoms with E-state index in [1.165, 1.54) is 5.56 Å². The molecule has 0 radical (unpaired) electrons. The Hall–Kier alpha value is -2.09. The van der Waals surface area contributed by atoms with Crippen LogP contribution in [0.15, 0.2) is 42.5 Å². The molecule has 0 unspecified atom stereocenters. The second kappa shape index (κ2) is 5.20. The Morgan fingerprint density at radius 2 is 1.96 bits per heavy atom. The number of rotatable bonds is 1. The van der Waals surface area contributed by atoms with Crippen molar-refractivity contribution in [3.63, 3.8) is 0 Å². The number of nitro benzene ring substituents is 1. The molecule has 25 heavy (non-hydrogen) atoms. The molecule has 2 aromatic carbocycles. The van der Waals surface area contributed by atoms with Crippen LogP contribution in [-0.2, 0) is 5.41 Å². The molecule has 0 N–H and O–H groups in total. The third-order valence-corrected chi connectivity index (χ3v) is 6.15. The van der Waals surface area contributed by atoms with Crippen molar-refractivity contribution in [2.45, 2.75) is 25.0 Å². The zero-order chi connectivity index (χ0) is 18.0. The highest BCUT2D eigenvalue weighted by atomic mass is 127. The number of halogens is 1. The third kappa shape index (κ3) is 2.06. The summed E-state index contributed by atoms with van der Waals surface area (Å²) >= 11 is 2.11. The van der Waals surface area contributed by atoms with Gasteiger partial charge in [-0.05, 0) is 60.2 Å². The molecule has 5 nitrogen and oxygen atoms in total. The van der Waals surface area contributed by atoms with Gasteiger partial charge in [-0.3, -0.25) is 10.1 Å². The smallest absolute Gasteiger partial charge is 0.271 e. The first-order valence-electron chi connectivity index (χ1n) is 7.97. The number of fused-ring (bicyclic) bond motifs is 2. The molecule has 2 aliphatic heterocycles. The minimum atomic E-state index is -0.667. The molecule has 0 fully saturated rings. The molecule has 0 aliphatic carbocycles. The van der Waals surface area contributed by atoms with Crippen molar-refractivity contribution in [3.8, 4) is 5.75 Å². The summed E-state index contributed by atoms with van der Waals surface area (Å²) in [5, 5.41) is 11.1. The monoisotopic (exact) mass is 448 g/mol.